The lowest BCUT2D eigenvalue weighted by Gasteiger charge is -2.08. The van der Waals surface area contributed by atoms with Crippen LogP contribution in [0.15, 0.2) is 44.2 Å². The molecule has 1 aromatic carbocycles. The van der Waals surface area contributed by atoms with Gasteiger partial charge < -0.3 is 10.3 Å². The molecule has 6 heteroatoms. The Morgan fingerprint density at radius 2 is 1.94 bits per heavy atom. The van der Waals surface area contributed by atoms with Crippen molar-refractivity contribution in [2.75, 3.05) is 5.73 Å². The van der Waals surface area contributed by atoms with E-state index in [0.29, 0.717) is 21.2 Å². The number of halogens is 3. The first-order valence-corrected chi connectivity index (χ1v) is 6.65. The molecule has 0 fully saturated rings. The molecule has 2 aromatic rings. The van der Waals surface area contributed by atoms with Gasteiger partial charge in [0.25, 0.3) is 5.56 Å². The van der Waals surface area contributed by atoms with Crippen molar-refractivity contribution in [2.45, 2.75) is 6.54 Å². The van der Waals surface area contributed by atoms with Crippen LogP contribution in [0, 0.1) is 5.82 Å². The Bertz CT molecular complexity index is 655. The molecule has 2 N–H and O–H groups in total. The maximum Gasteiger partial charge on any atom is 0.265 e. The Hall–Kier alpha value is -1.14. The third kappa shape index (κ3) is 2.81. The average molecular weight is 376 g/mol. The van der Waals surface area contributed by atoms with Crippen molar-refractivity contribution in [3.63, 3.8) is 0 Å². The van der Waals surface area contributed by atoms with Crippen molar-refractivity contribution in [1.82, 2.24) is 4.57 Å². The van der Waals surface area contributed by atoms with Gasteiger partial charge in [0.05, 0.1) is 15.5 Å². The predicted molar refractivity (Wildman–Crippen MR) is 76.0 cm³/mol. The van der Waals surface area contributed by atoms with Gasteiger partial charge in [0.15, 0.2) is 0 Å². The minimum absolute atomic E-state index is 0.176. The summed E-state index contributed by atoms with van der Waals surface area (Å²) >= 11 is 6.26. The molecule has 0 atom stereocenters. The Morgan fingerprint density at radius 1 is 1.22 bits per heavy atom. The summed E-state index contributed by atoms with van der Waals surface area (Å²) in [5.74, 6) is -0.333. The molecule has 0 aliphatic heterocycles. The quantitative estimate of drug-likeness (QED) is 0.876. The lowest BCUT2D eigenvalue weighted by Crippen LogP contribution is -2.21. The molecule has 0 saturated heterocycles. The molecule has 0 aliphatic rings. The van der Waals surface area contributed by atoms with E-state index in [-0.39, 0.29) is 11.4 Å². The zero-order valence-corrected chi connectivity index (χ0v) is 12.3. The standard InChI is InChI=1S/C12H9Br2FN2O/c13-9-3-7(1-2-11(9)15)5-17-6-8(16)4-10(14)12(17)18/h1-4,6H,5,16H2. The number of anilines is 1. The smallest absolute Gasteiger partial charge is 0.265 e. The first-order chi connectivity index (χ1) is 8.47. The SMILES string of the molecule is Nc1cc(Br)c(=O)n(Cc2ccc(F)c(Br)c2)c1. The molecule has 0 aliphatic carbocycles. The van der Waals surface area contributed by atoms with Gasteiger partial charge in [0, 0.05) is 11.9 Å². The number of pyridine rings is 1. The summed E-state index contributed by atoms with van der Waals surface area (Å²) in [6.45, 7) is 0.335. The number of benzene rings is 1. The van der Waals surface area contributed by atoms with Crippen LogP contribution in [-0.4, -0.2) is 4.57 Å². The van der Waals surface area contributed by atoms with Crippen molar-refractivity contribution in [1.29, 1.82) is 0 Å². The van der Waals surface area contributed by atoms with Gasteiger partial charge in [0.1, 0.15) is 5.82 Å². The molecule has 1 heterocycles. The highest BCUT2D eigenvalue weighted by Gasteiger charge is 2.05. The maximum atomic E-state index is 13.1. The second-order valence-corrected chi connectivity index (χ2v) is 5.51. The highest BCUT2D eigenvalue weighted by molar-refractivity contribution is 9.10. The number of nitrogens with two attached hydrogens (primary N) is 1. The van der Waals surface area contributed by atoms with E-state index in [2.05, 4.69) is 31.9 Å². The number of hydrogen-bond donors (Lipinski definition) is 1. The van der Waals surface area contributed by atoms with Gasteiger partial charge in [-0.05, 0) is 55.6 Å². The molecule has 1 aromatic heterocycles. The number of aromatic nitrogens is 1. The van der Waals surface area contributed by atoms with Crippen molar-refractivity contribution >= 4 is 37.5 Å². The molecule has 0 spiro atoms. The molecule has 94 valence electrons. The van der Waals surface area contributed by atoms with Gasteiger partial charge in [-0.3, -0.25) is 4.79 Å². The van der Waals surface area contributed by atoms with Gasteiger partial charge >= 0.3 is 0 Å². The fourth-order valence-corrected chi connectivity index (χ4v) is 2.49. The molecule has 0 unspecified atom stereocenters. The van der Waals surface area contributed by atoms with E-state index in [1.807, 2.05) is 0 Å². The van der Waals surface area contributed by atoms with Crippen LogP contribution in [0.1, 0.15) is 5.56 Å². The Kier molecular flexibility index (Phi) is 3.87. The Morgan fingerprint density at radius 3 is 2.61 bits per heavy atom. The lowest BCUT2D eigenvalue weighted by atomic mass is 10.2. The topological polar surface area (TPSA) is 48.0 Å². The number of nitrogens with zero attached hydrogens (tertiary/aromatic N) is 1. The molecule has 0 radical (unpaired) electrons. The van der Waals surface area contributed by atoms with Crippen molar-refractivity contribution < 1.29 is 4.39 Å². The predicted octanol–water partition coefficient (Wildman–Crippen LogP) is 3.14. The van der Waals surface area contributed by atoms with Crippen LogP contribution >= 0.6 is 31.9 Å². The molecule has 2 rings (SSSR count). The van der Waals surface area contributed by atoms with Crippen LogP contribution in [0.2, 0.25) is 0 Å². The minimum atomic E-state index is -0.333. The zero-order chi connectivity index (χ0) is 13.3. The Labute approximate surface area is 120 Å². The highest BCUT2D eigenvalue weighted by Crippen LogP contribution is 2.18. The monoisotopic (exact) mass is 374 g/mol. The van der Waals surface area contributed by atoms with Crippen molar-refractivity contribution in [2.24, 2.45) is 0 Å². The zero-order valence-electron chi connectivity index (χ0n) is 9.16. The molecule has 0 amide bonds. The van der Waals surface area contributed by atoms with Crippen LogP contribution in [0.25, 0.3) is 0 Å². The summed E-state index contributed by atoms with van der Waals surface area (Å²) in [5.41, 5.74) is 6.80. The van der Waals surface area contributed by atoms with Gasteiger partial charge in [-0.1, -0.05) is 6.07 Å². The van der Waals surface area contributed by atoms with E-state index in [4.69, 9.17) is 5.73 Å². The fourth-order valence-electron chi connectivity index (χ4n) is 1.57. The second-order valence-electron chi connectivity index (χ2n) is 3.80. The van der Waals surface area contributed by atoms with E-state index in [9.17, 15) is 9.18 Å². The normalized spacial score (nSPS) is 10.6. The molecule has 0 saturated carbocycles. The van der Waals surface area contributed by atoms with Gasteiger partial charge in [-0.2, -0.15) is 0 Å². The van der Waals surface area contributed by atoms with E-state index < -0.39 is 0 Å². The second kappa shape index (κ2) is 5.24. The fraction of sp³-hybridized carbons (Fsp3) is 0.0833. The summed E-state index contributed by atoms with van der Waals surface area (Å²) in [4.78, 5) is 11.9. The van der Waals surface area contributed by atoms with E-state index in [1.165, 1.54) is 10.6 Å². The largest absolute Gasteiger partial charge is 0.398 e. The van der Waals surface area contributed by atoms with Crippen LogP contribution < -0.4 is 11.3 Å². The Balaban J connectivity index is 2.40. The van der Waals surface area contributed by atoms with Crippen LogP contribution in [-0.2, 0) is 6.54 Å². The van der Waals surface area contributed by atoms with Gasteiger partial charge in [-0.15, -0.1) is 0 Å². The van der Waals surface area contributed by atoms with Gasteiger partial charge in [0.2, 0.25) is 0 Å². The van der Waals surface area contributed by atoms with E-state index in [1.54, 1.807) is 24.4 Å². The molecule has 0 bridgehead atoms. The van der Waals surface area contributed by atoms with E-state index >= 15 is 0 Å². The van der Waals surface area contributed by atoms with E-state index in [0.717, 1.165) is 5.56 Å². The third-order valence-electron chi connectivity index (χ3n) is 2.40. The molecular formula is C12H9Br2FN2O. The molecular weight excluding hydrogens is 367 g/mol. The minimum Gasteiger partial charge on any atom is -0.398 e. The summed E-state index contributed by atoms with van der Waals surface area (Å²) in [7, 11) is 0. The molecule has 18 heavy (non-hydrogen) atoms. The first kappa shape index (κ1) is 13.3. The highest BCUT2D eigenvalue weighted by atomic mass is 79.9. The summed E-state index contributed by atoms with van der Waals surface area (Å²) in [5, 5.41) is 0. The average Bonchev–Trinajstić information content (AvgIpc) is 2.30. The van der Waals surface area contributed by atoms with Gasteiger partial charge in [-0.25, -0.2) is 4.39 Å². The summed E-state index contributed by atoms with van der Waals surface area (Å²) in [6, 6.07) is 6.17. The van der Waals surface area contributed by atoms with Crippen molar-refractivity contribution in [3.05, 3.63) is 61.1 Å². The number of rotatable bonds is 2. The van der Waals surface area contributed by atoms with Crippen LogP contribution in [0.4, 0.5) is 10.1 Å². The lowest BCUT2D eigenvalue weighted by molar-refractivity contribution is 0.619. The summed E-state index contributed by atoms with van der Waals surface area (Å²) < 4.78 is 15.4. The maximum absolute atomic E-state index is 13.1. The summed E-state index contributed by atoms with van der Waals surface area (Å²) in [6.07, 6.45) is 1.56. The van der Waals surface area contributed by atoms with Crippen LogP contribution in [0.3, 0.4) is 0 Å². The first-order valence-electron chi connectivity index (χ1n) is 5.07. The van der Waals surface area contributed by atoms with Crippen molar-refractivity contribution in [3.8, 4) is 0 Å². The molecule has 3 nitrogen and oxygen atoms in total. The number of hydrogen-bond acceptors (Lipinski definition) is 2. The number of nitrogen functional groups attached to an aromatic ring is 1. The van der Waals surface area contributed by atoms with Crippen LogP contribution in [0.5, 0.6) is 0 Å². The third-order valence-corrected chi connectivity index (χ3v) is 3.58.